The summed E-state index contributed by atoms with van der Waals surface area (Å²) in [5, 5.41) is 10.6. The van der Waals surface area contributed by atoms with E-state index in [2.05, 4.69) is 45.9 Å². The summed E-state index contributed by atoms with van der Waals surface area (Å²) in [6.45, 7) is 2.12. The Kier molecular flexibility index (Phi) is 6.44. The number of benzene rings is 1. The van der Waals surface area contributed by atoms with Crippen molar-refractivity contribution in [1.29, 1.82) is 5.41 Å². The van der Waals surface area contributed by atoms with E-state index in [0.29, 0.717) is 6.37 Å². The lowest BCUT2D eigenvalue weighted by molar-refractivity contribution is 0.983. The smallest absolute Gasteiger partial charge is 0.0465 e. The summed E-state index contributed by atoms with van der Waals surface area (Å²) in [5.41, 5.74) is 2.88. The minimum Gasteiger partial charge on any atom is -0.358 e. The highest BCUT2D eigenvalue weighted by Crippen LogP contribution is 2.26. The normalized spacial score (nSPS) is 9.88. The van der Waals surface area contributed by atoms with Crippen molar-refractivity contribution in [2.75, 3.05) is 5.09 Å². The molecular weight excluding hydrogens is 330 g/mol. The molecule has 0 amide bonds. The molecule has 2 nitrogen and oxygen atoms in total. The van der Waals surface area contributed by atoms with Gasteiger partial charge in [-0.25, -0.2) is 0 Å². The quantitative estimate of drug-likeness (QED) is 0.365. The van der Waals surface area contributed by atoms with Crippen LogP contribution in [-0.4, -0.2) is 6.21 Å². The average Bonchev–Trinajstić information content (AvgIpc) is 2.31. The van der Waals surface area contributed by atoms with Crippen molar-refractivity contribution < 1.29 is 0 Å². The summed E-state index contributed by atoms with van der Waals surface area (Å²) < 4.78 is 0. The monoisotopic (exact) mass is 344 g/mol. The van der Waals surface area contributed by atoms with Crippen LogP contribution in [0.5, 0.6) is 0 Å². The van der Waals surface area contributed by atoms with Gasteiger partial charge in [-0.15, -0.1) is 0 Å². The average molecular weight is 344 g/mol. The van der Waals surface area contributed by atoms with Crippen LogP contribution in [0, 0.1) is 17.3 Å². The van der Waals surface area contributed by atoms with E-state index in [-0.39, 0.29) is 0 Å². The van der Waals surface area contributed by atoms with Crippen molar-refractivity contribution in [3.63, 3.8) is 0 Å². The van der Waals surface area contributed by atoms with Gasteiger partial charge >= 0.3 is 0 Å². The van der Waals surface area contributed by atoms with Gasteiger partial charge in [-0.05, 0) is 46.7 Å². The van der Waals surface area contributed by atoms with Gasteiger partial charge in [-0.1, -0.05) is 18.8 Å². The number of nitrogens with one attached hydrogen (secondary N) is 2. The zero-order valence-corrected chi connectivity index (χ0v) is 12.3. The molecule has 1 unspecified atom stereocenters. The van der Waals surface area contributed by atoms with E-state index < -0.39 is 0 Å². The molecule has 2 N–H and O–H groups in total. The number of hydrogen-bond donors (Lipinski definition) is 2. The largest absolute Gasteiger partial charge is 0.358 e. The first-order valence-corrected chi connectivity index (χ1v) is 9.18. The molecule has 1 atom stereocenters. The summed E-state index contributed by atoms with van der Waals surface area (Å²) in [5.74, 6) is 6.22. The van der Waals surface area contributed by atoms with Crippen molar-refractivity contribution in [2.24, 2.45) is 0 Å². The molecule has 84 valence electrons. The molecule has 0 bridgehead atoms. The topological polar surface area (TPSA) is 35.9 Å². The second-order valence-electron chi connectivity index (χ2n) is 3.22. The fourth-order valence-electron chi connectivity index (χ4n) is 1.21. The summed E-state index contributed by atoms with van der Waals surface area (Å²) in [4.78, 5) is 0. The molecule has 1 aromatic carbocycles. The molecule has 0 aliphatic heterocycles. The third-order valence-electron chi connectivity index (χ3n) is 2.00. The lowest BCUT2D eigenvalue weighted by Gasteiger charge is -2.06. The van der Waals surface area contributed by atoms with Crippen LogP contribution >= 0.6 is 28.4 Å². The van der Waals surface area contributed by atoms with Crippen molar-refractivity contribution in [2.45, 2.75) is 19.8 Å². The van der Waals surface area contributed by atoms with E-state index in [1.165, 1.54) is 6.21 Å². The number of rotatable bonds is 4. The van der Waals surface area contributed by atoms with Crippen LogP contribution in [0.4, 0.5) is 5.69 Å². The Morgan fingerprint density at radius 1 is 1.56 bits per heavy atom. The van der Waals surface area contributed by atoms with E-state index in [1.54, 1.807) is 0 Å². The fourth-order valence-corrected chi connectivity index (χ4v) is 2.42. The van der Waals surface area contributed by atoms with Crippen LogP contribution in [0.1, 0.15) is 30.9 Å². The van der Waals surface area contributed by atoms with Gasteiger partial charge in [0, 0.05) is 35.8 Å². The number of halogens is 1. The number of hydrogen-bond acceptors (Lipinski definition) is 2. The summed E-state index contributed by atoms with van der Waals surface area (Å²) in [7, 11) is 0. The Morgan fingerprint density at radius 2 is 2.38 bits per heavy atom. The van der Waals surface area contributed by atoms with Crippen LogP contribution in [0.25, 0.3) is 0 Å². The van der Waals surface area contributed by atoms with Crippen LogP contribution in [0.2, 0.25) is 0 Å². The Morgan fingerprint density at radius 3 is 3.00 bits per heavy atom. The lowest BCUT2D eigenvalue weighted by atomic mass is 10.1. The number of anilines is 1. The Balaban J connectivity index is 2.91. The number of unbranched alkanes of at least 4 members (excludes halogenated alkanes) is 1. The van der Waals surface area contributed by atoms with Crippen LogP contribution in [-0.2, 0) is 0 Å². The van der Waals surface area contributed by atoms with Crippen molar-refractivity contribution in [3.8, 4) is 11.8 Å². The maximum atomic E-state index is 7.36. The van der Waals surface area contributed by atoms with Crippen molar-refractivity contribution in [1.82, 2.24) is 0 Å². The molecule has 0 heterocycles. The van der Waals surface area contributed by atoms with Crippen molar-refractivity contribution >= 4 is 40.3 Å². The molecule has 0 radical (unpaired) electrons. The maximum Gasteiger partial charge on any atom is 0.0465 e. The minimum absolute atomic E-state index is 0.613. The molecule has 0 spiro atoms. The highest BCUT2D eigenvalue weighted by atomic mass is 127. The van der Waals surface area contributed by atoms with Crippen molar-refractivity contribution in [3.05, 3.63) is 29.3 Å². The zero-order chi connectivity index (χ0) is 11.8. The predicted octanol–water partition coefficient (Wildman–Crippen LogP) is 4.19. The third kappa shape index (κ3) is 4.11. The van der Waals surface area contributed by atoms with Gasteiger partial charge in [0.2, 0.25) is 0 Å². The maximum absolute atomic E-state index is 7.36. The molecule has 1 aromatic rings. The molecule has 16 heavy (non-hydrogen) atoms. The Hall–Kier alpha value is -0.590. The summed E-state index contributed by atoms with van der Waals surface area (Å²) in [6.07, 6.45) is 3.99. The molecule has 4 heteroatoms. The Bertz CT molecular complexity index is 421. The van der Waals surface area contributed by atoms with E-state index in [4.69, 9.17) is 5.41 Å². The third-order valence-corrected chi connectivity index (χ3v) is 3.17. The van der Waals surface area contributed by atoms with Gasteiger partial charge in [0.15, 0.2) is 0 Å². The minimum atomic E-state index is 0.613. The fraction of sp³-hybridized carbons (Fsp3) is 0.250. The van der Waals surface area contributed by atoms with E-state index in [1.807, 2.05) is 18.2 Å². The van der Waals surface area contributed by atoms with Gasteiger partial charge in [-0.3, -0.25) is 0 Å². The molecule has 0 fully saturated rings. The zero-order valence-electron chi connectivity index (χ0n) is 9.10. The Labute approximate surface area is 111 Å². The molecule has 0 aromatic heterocycles. The summed E-state index contributed by atoms with van der Waals surface area (Å²) >= 11 is 2.27. The van der Waals surface area contributed by atoms with Crippen LogP contribution in [0.3, 0.4) is 0 Å². The van der Waals surface area contributed by atoms with Gasteiger partial charge in [-0.2, -0.15) is 0 Å². The van der Waals surface area contributed by atoms with E-state index in [0.717, 1.165) is 29.7 Å². The second kappa shape index (κ2) is 7.65. The second-order valence-corrected chi connectivity index (χ2v) is 5.27. The molecule has 0 aliphatic rings. The van der Waals surface area contributed by atoms with Gasteiger partial charge in [0.1, 0.15) is 0 Å². The molecule has 0 saturated carbocycles. The molecule has 1 rings (SSSR count). The standard InChI is InChI=1S/C12H14IN2P/c1-2-3-4-5-10-6-7-12(15-16-13)11(8-10)9-14/h6-9,14-16H,2-3H2,1H3. The highest BCUT2D eigenvalue weighted by molar-refractivity contribution is 14.2. The highest BCUT2D eigenvalue weighted by Gasteiger charge is 1.99. The lowest BCUT2D eigenvalue weighted by Crippen LogP contribution is -1.90. The van der Waals surface area contributed by atoms with Gasteiger partial charge in [0.05, 0.1) is 0 Å². The van der Waals surface area contributed by atoms with E-state index >= 15 is 0 Å². The molecule has 0 aliphatic carbocycles. The van der Waals surface area contributed by atoms with E-state index in [9.17, 15) is 0 Å². The molecule has 0 saturated heterocycles. The first-order valence-electron chi connectivity index (χ1n) is 5.07. The van der Waals surface area contributed by atoms with Crippen LogP contribution < -0.4 is 5.09 Å². The predicted molar refractivity (Wildman–Crippen MR) is 82.1 cm³/mol. The summed E-state index contributed by atoms with van der Waals surface area (Å²) in [6, 6.07) is 5.94. The first-order chi connectivity index (χ1) is 7.81. The first kappa shape index (κ1) is 13.5. The van der Waals surface area contributed by atoms with Gasteiger partial charge < -0.3 is 10.5 Å². The van der Waals surface area contributed by atoms with Gasteiger partial charge in [0.25, 0.3) is 0 Å². The van der Waals surface area contributed by atoms with Crippen LogP contribution in [0.15, 0.2) is 18.2 Å². The molecular formula is C12H14IN2P. The SMILES string of the molecule is CCCC#Cc1ccc(NPI)c(C=N)c1.